The number of rotatable bonds is 4. The number of hydrogen-bond acceptors (Lipinski definition) is 1. The average Bonchev–Trinajstić information content (AvgIpc) is 2.68. The molecule has 3 atom stereocenters. The van der Waals surface area contributed by atoms with Crippen molar-refractivity contribution in [2.75, 3.05) is 6.61 Å². The summed E-state index contributed by atoms with van der Waals surface area (Å²) in [5.74, 6) is 1.66. The Balaban J connectivity index is 2.10. The molecule has 0 aromatic rings. The van der Waals surface area contributed by atoms with Gasteiger partial charge in [-0.3, -0.25) is 0 Å². The number of ether oxygens (including phenoxy) is 1. The molecule has 1 rings (SSSR count). The topological polar surface area (TPSA) is 12.5 Å². The summed E-state index contributed by atoms with van der Waals surface area (Å²) < 4.78 is 5.22. The molecule has 1 nitrogen and oxygen atoms in total. The average molecular weight is 142 g/mol. The molecule has 1 heterocycles. The van der Waals surface area contributed by atoms with Crippen LogP contribution in [0.15, 0.2) is 0 Å². The summed E-state index contributed by atoms with van der Waals surface area (Å²) in [6.07, 6.45) is 3.24. The molecule has 1 aliphatic rings. The molecule has 0 aromatic carbocycles. The fraction of sp³-hybridized carbons (Fsp3) is 1.00. The van der Waals surface area contributed by atoms with E-state index in [9.17, 15) is 0 Å². The van der Waals surface area contributed by atoms with E-state index < -0.39 is 0 Å². The molecule has 1 heteroatoms. The molecular formula is C9H18O. The molecule has 60 valence electrons. The minimum atomic E-state index is 0.606. The molecule has 0 bridgehead atoms. The first-order chi connectivity index (χ1) is 4.74. The maximum absolute atomic E-state index is 5.22. The van der Waals surface area contributed by atoms with Crippen molar-refractivity contribution in [2.24, 2.45) is 11.8 Å². The first kappa shape index (κ1) is 8.06. The van der Waals surface area contributed by atoms with Crippen LogP contribution in [0.5, 0.6) is 0 Å². The van der Waals surface area contributed by atoms with Crippen molar-refractivity contribution in [3.05, 3.63) is 0 Å². The number of epoxide rings is 1. The lowest BCUT2D eigenvalue weighted by Gasteiger charge is -2.12. The number of hydrogen-bond donors (Lipinski definition) is 0. The largest absolute Gasteiger partial charge is 0.373 e. The molecule has 0 spiro atoms. The second-order valence-corrected chi connectivity index (χ2v) is 3.60. The van der Waals surface area contributed by atoms with Gasteiger partial charge in [-0.15, -0.1) is 0 Å². The van der Waals surface area contributed by atoms with E-state index in [1.54, 1.807) is 0 Å². The van der Waals surface area contributed by atoms with E-state index in [0.717, 1.165) is 18.4 Å². The molecule has 0 saturated carbocycles. The monoisotopic (exact) mass is 142 g/mol. The molecule has 1 fully saturated rings. The first-order valence-corrected chi connectivity index (χ1v) is 4.35. The van der Waals surface area contributed by atoms with Crippen LogP contribution in [0.25, 0.3) is 0 Å². The maximum Gasteiger partial charge on any atom is 0.0835 e. The van der Waals surface area contributed by atoms with Gasteiger partial charge in [0.25, 0.3) is 0 Å². The Labute approximate surface area is 63.8 Å². The lowest BCUT2D eigenvalue weighted by atomic mass is 9.93. The molecular weight excluding hydrogens is 124 g/mol. The van der Waals surface area contributed by atoms with Gasteiger partial charge in [0, 0.05) is 0 Å². The van der Waals surface area contributed by atoms with Crippen LogP contribution in [-0.4, -0.2) is 12.7 Å². The second kappa shape index (κ2) is 3.38. The Morgan fingerprint density at radius 1 is 1.50 bits per heavy atom. The van der Waals surface area contributed by atoms with Crippen LogP contribution in [0.3, 0.4) is 0 Å². The van der Waals surface area contributed by atoms with Gasteiger partial charge >= 0.3 is 0 Å². The van der Waals surface area contributed by atoms with Crippen molar-refractivity contribution in [1.82, 2.24) is 0 Å². The molecule has 1 aliphatic heterocycles. The Morgan fingerprint density at radius 3 is 2.50 bits per heavy atom. The van der Waals surface area contributed by atoms with E-state index in [0.29, 0.717) is 6.10 Å². The SMILES string of the molecule is CCC(C)CC(C)C1CO1. The maximum atomic E-state index is 5.22. The third-order valence-corrected chi connectivity index (χ3v) is 2.46. The predicted molar refractivity (Wildman–Crippen MR) is 43.0 cm³/mol. The van der Waals surface area contributed by atoms with Crippen molar-refractivity contribution >= 4 is 0 Å². The van der Waals surface area contributed by atoms with E-state index in [-0.39, 0.29) is 0 Å². The first-order valence-electron chi connectivity index (χ1n) is 4.35. The zero-order valence-electron chi connectivity index (χ0n) is 7.26. The summed E-state index contributed by atoms with van der Waals surface area (Å²) >= 11 is 0. The van der Waals surface area contributed by atoms with Gasteiger partial charge in [-0.25, -0.2) is 0 Å². The van der Waals surface area contributed by atoms with Crippen molar-refractivity contribution in [3.63, 3.8) is 0 Å². The van der Waals surface area contributed by atoms with Gasteiger partial charge in [0.05, 0.1) is 12.7 Å². The summed E-state index contributed by atoms with van der Waals surface area (Å²) in [4.78, 5) is 0. The van der Waals surface area contributed by atoms with Crippen molar-refractivity contribution in [3.8, 4) is 0 Å². The predicted octanol–water partition coefficient (Wildman–Crippen LogP) is 2.46. The molecule has 0 radical (unpaired) electrons. The summed E-state index contributed by atoms with van der Waals surface area (Å²) in [7, 11) is 0. The van der Waals surface area contributed by atoms with Crippen molar-refractivity contribution in [1.29, 1.82) is 0 Å². The Hall–Kier alpha value is -0.0400. The second-order valence-electron chi connectivity index (χ2n) is 3.60. The van der Waals surface area contributed by atoms with Crippen LogP contribution >= 0.6 is 0 Å². The van der Waals surface area contributed by atoms with E-state index >= 15 is 0 Å². The molecule has 0 N–H and O–H groups in total. The van der Waals surface area contributed by atoms with Gasteiger partial charge in [-0.05, 0) is 18.3 Å². The van der Waals surface area contributed by atoms with Gasteiger partial charge in [-0.2, -0.15) is 0 Å². The summed E-state index contributed by atoms with van der Waals surface area (Å²) in [5, 5.41) is 0. The van der Waals surface area contributed by atoms with Gasteiger partial charge in [-0.1, -0.05) is 27.2 Å². The van der Waals surface area contributed by atoms with Crippen LogP contribution in [0.2, 0.25) is 0 Å². The van der Waals surface area contributed by atoms with Crippen LogP contribution < -0.4 is 0 Å². The van der Waals surface area contributed by atoms with Crippen LogP contribution in [-0.2, 0) is 4.74 Å². The van der Waals surface area contributed by atoms with Crippen molar-refractivity contribution in [2.45, 2.75) is 39.7 Å². The van der Waals surface area contributed by atoms with Gasteiger partial charge in [0.15, 0.2) is 0 Å². The lowest BCUT2D eigenvalue weighted by Crippen LogP contribution is -2.07. The van der Waals surface area contributed by atoms with E-state index in [2.05, 4.69) is 20.8 Å². The Kier molecular flexibility index (Phi) is 2.72. The van der Waals surface area contributed by atoms with Gasteiger partial charge in [0.1, 0.15) is 0 Å². The third-order valence-electron chi connectivity index (χ3n) is 2.46. The van der Waals surface area contributed by atoms with E-state index in [1.807, 2.05) is 0 Å². The van der Waals surface area contributed by atoms with Crippen LogP contribution in [0, 0.1) is 11.8 Å². The highest BCUT2D eigenvalue weighted by atomic mass is 16.6. The molecule has 10 heavy (non-hydrogen) atoms. The minimum Gasteiger partial charge on any atom is -0.373 e. The highest BCUT2D eigenvalue weighted by Gasteiger charge is 2.29. The molecule has 1 saturated heterocycles. The molecule has 3 unspecified atom stereocenters. The normalized spacial score (nSPS) is 29.7. The fourth-order valence-corrected chi connectivity index (χ4v) is 1.34. The lowest BCUT2D eigenvalue weighted by molar-refractivity contribution is 0.300. The van der Waals surface area contributed by atoms with E-state index in [1.165, 1.54) is 12.8 Å². The summed E-state index contributed by atoms with van der Waals surface area (Å²) in [5.41, 5.74) is 0. The molecule has 0 aliphatic carbocycles. The molecule has 0 amide bonds. The zero-order valence-corrected chi connectivity index (χ0v) is 7.26. The minimum absolute atomic E-state index is 0.606. The zero-order chi connectivity index (χ0) is 7.56. The fourth-order valence-electron chi connectivity index (χ4n) is 1.34. The summed E-state index contributed by atoms with van der Waals surface area (Å²) in [6.45, 7) is 7.88. The van der Waals surface area contributed by atoms with Crippen LogP contribution in [0.1, 0.15) is 33.6 Å². The smallest absolute Gasteiger partial charge is 0.0835 e. The Morgan fingerprint density at radius 2 is 2.10 bits per heavy atom. The van der Waals surface area contributed by atoms with E-state index in [4.69, 9.17) is 4.74 Å². The third kappa shape index (κ3) is 2.30. The highest BCUT2D eigenvalue weighted by molar-refractivity contribution is 4.76. The highest BCUT2D eigenvalue weighted by Crippen LogP contribution is 2.26. The van der Waals surface area contributed by atoms with Crippen molar-refractivity contribution < 1.29 is 4.74 Å². The Bertz CT molecular complexity index is 96.9. The van der Waals surface area contributed by atoms with Crippen LogP contribution in [0.4, 0.5) is 0 Å². The molecule has 0 aromatic heterocycles. The van der Waals surface area contributed by atoms with Gasteiger partial charge < -0.3 is 4.74 Å². The summed E-state index contributed by atoms with van der Waals surface area (Å²) in [6, 6.07) is 0. The standard InChI is InChI=1S/C9H18O/c1-4-7(2)5-8(3)9-6-10-9/h7-9H,4-6H2,1-3H3. The quantitative estimate of drug-likeness (QED) is 0.549. The van der Waals surface area contributed by atoms with Gasteiger partial charge in [0.2, 0.25) is 0 Å².